The Morgan fingerprint density at radius 1 is 1.10 bits per heavy atom. The molecule has 5 heteroatoms. The summed E-state index contributed by atoms with van der Waals surface area (Å²) in [4.78, 5) is 27.0. The van der Waals surface area contributed by atoms with Gasteiger partial charge in [-0.25, -0.2) is 0 Å². The molecule has 5 nitrogen and oxygen atoms in total. The quantitative estimate of drug-likeness (QED) is 0.819. The number of nitrogens with zero attached hydrogens (tertiary/aromatic N) is 2. The molecule has 1 aliphatic rings. The van der Waals surface area contributed by atoms with Crippen molar-refractivity contribution < 1.29 is 9.59 Å². The Labute approximate surface area is 118 Å². The van der Waals surface area contributed by atoms with Gasteiger partial charge < -0.3 is 15.5 Å². The van der Waals surface area contributed by atoms with Crippen LogP contribution in [0.5, 0.6) is 0 Å². The van der Waals surface area contributed by atoms with E-state index in [2.05, 4.69) is 11.9 Å². The molecule has 0 radical (unpaired) electrons. The molecule has 2 N–H and O–H groups in total. The molecular formula is C15H19N3O2. The molecule has 1 aliphatic heterocycles. The second kappa shape index (κ2) is 6.34. The maximum Gasteiger partial charge on any atom is 0.248 e. The molecule has 0 aromatic heterocycles. The Bertz CT molecular complexity index is 514. The number of benzene rings is 1. The van der Waals surface area contributed by atoms with Gasteiger partial charge in [0.2, 0.25) is 11.8 Å². The van der Waals surface area contributed by atoms with Gasteiger partial charge in [-0.1, -0.05) is 12.1 Å². The first-order chi connectivity index (χ1) is 9.56. The molecule has 1 aromatic carbocycles. The van der Waals surface area contributed by atoms with Crippen molar-refractivity contribution in [1.29, 1.82) is 0 Å². The van der Waals surface area contributed by atoms with Crippen LogP contribution in [0.4, 0.5) is 0 Å². The molecule has 0 unspecified atom stereocenters. The van der Waals surface area contributed by atoms with Gasteiger partial charge in [0.25, 0.3) is 0 Å². The van der Waals surface area contributed by atoms with E-state index in [9.17, 15) is 9.59 Å². The fourth-order valence-electron chi connectivity index (χ4n) is 2.06. The number of carbonyl (C=O) groups is 2. The minimum absolute atomic E-state index is 0.0251. The first-order valence-corrected chi connectivity index (χ1v) is 6.61. The summed E-state index contributed by atoms with van der Waals surface area (Å²) < 4.78 is 0. The molecule has 0 saturated carbocycles. The summed E-state index contributed by atoms with van der Waals surface area (Å²) in [6, 6.07) is 6.85. The van der Waals surface area contributed by atoms with Gasteiger partial charge in [-0.2, -0.15) is 0 Å². The summed E-state index contributed by atoms with van der Waals surface area (Å²) >= 11 is 0. The van der Waals surface area contributed by atoms with Gasteiger partial charge in [0.05, 0.1) is 0 Å². The van der Waals surface area contributed by atoms with E-state index in [4.69, 9.17) is 5.73 Å². The van der Waals surface area contributed by atoms with Crippen molar-refractivity contribution >= 4 is 17.9 Å². The van der Waals surface area contributed by atoms with E-state index in [-0.39, 0.29) is 5.91 Å². The molecule has 1 heterocycles. The van der Waals surface area contributed by atoms with Crippen molar-refractivity contribution in [2.75, 3.05) is 33.2 Å². The Hall–Kier alpha value is -2.14. The van der Waals surface area contributed by atoms with Gasteiger partial charge in [0.15, 0.2) is 0 Å². The van der Waals surface area contributed by atoms with E-state index in [0.717, 1.165) is 31.7 Å². The number of piperazine rings is 1. The summed E-state index contributed by atoms with van der Waals surface area (Å²) in [6.07, 6.45) is 3.33. The van der Waals surface area contributed by atoms with E-state index in [1.807, 2.05) is 4.90 Å². The highest BCUT2D eigenvalue weighted by Gasteiger charge is 2.16. The molecule has 2 amide bonds. The Morgan fingerprint density at radius 3 is 2.25 bits per heavy atom. The molecule has 0 bridgehead atoms. The number of hydrogen-bond donors (Lipinski definition) is 1. The summed E-state index contributed by atoms with van der Waals surface area (Å²) in [5.74, 6) is -0.425. The van der Waals surface area contributed by atoms with Crippen LogP contribution in [0.1, 0.15) is 15.9 Å². The van der Waals surface area contributed by atoms with Gasteiger partial charge in [-0.15, -0.1) is 0 Å². The number of likely N-dealkylation sites (N-methyl/N-ethyl adjacent to an activating group) is 1. The number of nitrogens with two attached hydrogens (primary N) is 1. The van der Waals surface area contributed by atoms with Crippen LogP contribution >= 0.6 is 0 Å². The lowest BCUT2D eigenvalue weighted by atomic mass is 10.1. The zero-order valence-corrected chi connectivity index (χ0v) is 11.6. The molecule has 2 rings (SSSR count). The first kappa shape index (κ1) is 14.3. The Morgan fingerprint density at radius 2 is 1.70 bits per heavy atom. The van der Waals surface area contributed by atoms with Gasteiger partial charge in [-0.05, 0) is 30.8 Å². The monoisotopic (exact) mass is 273 g/mol. The maximum atomic E-state index is 12.0. The fraction of sp³-hybridized carbons (Fsp3) is 0.333. The summed E-state index contributed by atoms with van der Waals surface area (Å²) in [5.41, 5.74) is 6.51. The molecule has 1 aromatic rings. The highest BCUT2D eigenvalue weighted by Crippen LogP contribution is 2.07. The van der Waals surface area contributed by atoms with Crippen LogP contribution < -0.4 is 5.73 Å². The standard InChI is InChI=1S/C15H19N3O2/c1-17-8-10-18(11-9-17)14(19)7-4-12-2-5-13(6-3-12)15(16)20/h2-7H,8-11H2,1H3,(H2,16,20). The van der Waals surface area contributed by atoms with E-state index in [1.165, 1.54) is 0 Å². The maximum absolute atomic E-state index is 12.0. The van der Waals surface area contributed by atoms with Crippen molar-refractivity contribution in [3.05, 3.63) is 41.5 Å². The highest BCUT2D eigenvalue weighted by molar-refractivity contribution is 5.94. The lowest BCUT2D eigenvalue weighted by Gasteiger charge is -2.31. The summed E-state index contributed by atoms with van der Waals surface area (Å²) in [5, 5.41) is 0. The van der Waals surface area contributed by atoms with Crippen LogP contribution in [-0.4, -0.2) is 54.8 Å². The zero-order chi connectivity index (χ0) is 14.5. The van der Waals surface area contributed by atoms with Crippen LogP contribution in [0, 0.1) is 0 Å². The third-order valence-corrected chi connectivity index (χ3v) is 3.43. The minimum Gasteiger partial charge on any atom is -0.366 e. The van der Waals surface area contributed by atoms with Crippen molar-refractivity contribution in [3.8, 4) is 0 Å². The number of carbonyl (C=O) groups excluding carboxylic acids is 2. The predicted molar refractivity (Wildman–Crippen MR) is 78.1 cm³/mol. The van der Waals surface area contributed by atoms with E-state index < -0.39 is 5.91 Å². The largest absolute Gasteiger partial charge is 0.366 e. The molecular weight excluding hydrogens is 254 g/mol. The Kier molecular flexibility index (Phi) is 4.53. The summed E-state index contributed by atoms with van der Waals surface area (Å²) in [6.45, 7) is 3.35. The predicted octanol–water partition coefficient (Wildman–Crippen LogP) is 0.573. The molecule has 0 atom stereocenters. The van der Waals surface area contributed by atoms with Crippen LogP contribution in [-0.2, 0) is 4.79 Å². The lowest BCUT2D eigenvalue weighted by Crippen LogP contribution is -2.46. The van der Waals surface area contributed by atoms with Crippen LogP contribution in [0.25, 0.3) is 6.08 Å². The van der Waals surface area contributed by atoms with Crippen molar-refractivity contribution in [1.82, 2.24) is 9.80 Å². The highest BCUT2D eigenvalue weighted by atomic mass is 16.2. The van der Waals surface area contributed by atoms with Gasteiger partial charge in [-0.3, -0.25) is 9.59 Å². The van der Waals surface area contributed by atoms with Crippen LogP contribution in [0.2, 0.25) is 0 Å². The second-order valence-corrected chi connectivity index (χ2v) is 4.95. The third-order valence-electron chi connectivity index (χ3n) is 3.43. The molecule has 1 saturated heterocycles. The topological polar surface area (TPSA) is 66.6 Å². The van der Waals surface area contributed by atoms with Crippen molar-refractivity contribution in [2.24, 2.45) is 5.73 Å². The number of amides is 2. The first-order valence-electron chi connectivity index (χ1n) is 6.61. The Balaban J connectivity index is 1.95. The average Bonchev–Trinajstić information content (AvgIpc) is 2.46. The lowest BCUT2D eigenvalue weighted by molar-refractivity contribution is -0.127. The van der Waals surface area contributed by atoms with E-state index >= 15 is 0 Å². The minimum atomic E-state index is -0.450. The molecule has 0 aliphatic carbocycles. The third kappa shape index (κ3) is 3.68. The molecule has 20 heavy (non-hydrogen) atoms. The van der Waals surface area contributed by atoms with Crippen molar-refractivity contribution in [3.63, 3.8) is 0 Å². The number of rotatable bonds is 3. The van der Waals surface area contributed by atoms with Crippen molar-refractivity contribution in [2.45, 2.75) is 0 Å². The SMILES string of the molecule is CN1CCN(C(=O)C=Cc2ccc(C(N)=O)cc2)CC1. The second-order valence-electron chi connectivity index (χ2n) is 4.95. The van der Waals surface area contributed by atoms with E-state index in [1.54, 1.807) is 36.4 Å². The summed E-state index contributed by atoms with van der Waals surface area (Å²) in [7, 11) is 2.05. The van der Waals surface area contributed by atoms with Gasteiger partial charge in [0.1, 0.15) is 0 Å². The van der Waals surface area contributed by atoms with E-state index in [0.29, 0.717) is 5.56 Å². The number of primary amides is 1. The molecule has 0 spiro atoms. The van der Waals surface area contributed by atoms with Crippen LogP contribution in [0.3, 0.4) is 0 Å². The molecule has 106 valence electrons. The number of hydrogen-bond acceptors (Lipinski definition) is 3. The smallest absolute Gasteiger partial charge is 0.248 e. The van der Waals surface area contributed by atoms with Crippen LogP contribution in [0.15, 0.2) is 30.3 Å². The normalized spacial score (nSPS) is 16.6. The van der Waals surface area contributed by atoms with Gasteiger partial charge in [0, 0.05) is 37.8 Å². The molecule has 1 fully saturated rings. The average molecular weight is 273 g/mol. The zero-order valence-electron chi connectivity index (χ0n) is 11.6. The fourth-order valence-corrected chi connectivity index (χ4v) is 2.06. The van der Waals surface area contributed by atoms with Gasteiger partial charge >= 0.3 is 0 Å².